The molecule has 2 amide bonds. The fourth-order valence-corrected chi connectivity index (χ4v) is 3.33. The van der Waals surface area contributed by atoms with Gasteiger partial charge in [0.05, 0.1) is 11.4 Å². The molecule has 0 saturated carbocycles. The Balaban J connectivity index is 2.05. The molecule has 0 radical (unpaired) electrons. The minimum absolute atomic E-state index is 0.151. The smallest absolute Gasteiger partial charge is 0.327 e. The van der Waals surface area contributed by atoms with Crippen LogP contribution in [0.2, 0.25) is 0 Å². The van der Waals surface area contributed by atoms with Gasteiger partial charge in [0.2, 0.25) is 0 Å². The molecule has 1 aromatic rings. The van der Waals surface area contributed by atoms with Crippen molar-refractivity contribution in [3.05, 3.63) is 23.7 Å². The maximum absolute atomic E-state index is 12.3. The molecule has 20 heavy (non-hydrogen) atoms. The van der Waals surface area contributed by atoms with E-state index in [0.717, 1.165) is 5.76 Å². The lowest BCUT2D eigenvalue weighted by atomic mass is 10.2. The van der Waals surface area contributed by atoms with Crippen molar-refractivity contribution in [2.75, 3.05) is 5.75 Å². The molecule has 1 saturated heterocycles. The van der Waals surface area contributed by atoms with Crippen LogP contribution in [0.15, 0.2) is 16.5 Å². The Morgan fingerprint density at radius 1 is 1.55 bits per heavy atom. The van der Waals surface area contributed by atoms with Gasteiger partial charge < -0.3 is 14.8 Å². The number of nitrogens with zero attached hydrogens (tertiary/aromatic N) is 1. The highest BCUT2D eigenvalue weighted by molar-refractivity contribution is 8.00. The molecule has 0 aliphatic carbocycles. The molecule has 6 nitrogen and oxygen atoms in total. The summed E-state index contributed by atoms with van der Waals surface area (Å²) >= 11 is 1.46. The number of thioether (sulfide) groups is 1. The number of carboxylic acids is 1. The standard InChI is InChI=1S/C13H18N2O4S/c1-7-4-5-11(19-7)8(2)14-13(18)15-9(3)20-6-10(15)12(16)17/h4-5,8-10H,6H2,1-3H3,(H,14,18)(H,16,17). The van der Waals surface area contributed by atoms with Crippen LogP contribution in [0.4, 0.5) is 4.79 Å². The van der Waals surface area contributed by atoms with Crippen molar-refractivity contribution in [1.29, 1.82) is 0 Å². The van der Waals surface area contributed by atoms with Gasteiger partial charge in [-0.2, -0.15) is 0 Å². The summed E-state index contributed by atoms with van der Waals surface area (Å²) < 4.78 is 5.46. The fourth-order valence-electron chi connectivity index (χ4n) is 2.16. The number of carbonyl (C=O) groups is 2. The molecule has 7 heteroatoms. The van der Waals surface area contributed by atoms with Crippen LogP contribution in [-0.4, -0.2) is 39.2 Å². The van der Waals surface area contributed by atoms with E-state index in [-0.39, 0.29) is 17.4 Å². The molecule has 2 heterocycles. The van der Waals surface area contributed by atoms with Crippen molar-refractivity contribution in [3.8, 4) is 0 Å². The molecule has 0 bridgehead atoms. The van der Waals surface area contributed by atoms with Gasteiger partial charge in [-0.3, -0.25) is 4.90 Å². The zero-order chi connectivity index (χ0) is 14.9. The lowest BCUT2D eigenvalue weighted by Gasteiger charge is -2.26. The topological polar surface area (TPSA) is 82.8 Å². The number of carbonyl (C=O) groups excluding carboxylic acids is 1. The van der Waals surface area contributed by atoms with Crippen LogP contribution in [0.25, 0.3) is 0 Å². The number of urea groups is 1. The van der Waals surface area contributed by atoms with E-state index in [1.807, 2.05) is 19.9 Å². The number of amides is 2. The molecule has 1 aromatic heterocycles. The lowest BCUT2D eigenvalue weighted by molar-refractivity contribution is -0.141. The van der Waals surface area contributed by atoms with Gasteiger partial charge in [0.25, 0.3) is 0 Å². The SMILES string of the molecule is Cc1ccc(C(C)NC(=O)N2C(C)SCC2C(=O)O)o1. The quantitative estimate of drug-likeness (QED) is 0.894. The van der Waals surface area contributed by atoms with Crippen molar-refractivity contribution in [2.24, 2.45) is 0 Å². The molecule has 2 N–H and O–H groups in total. The summed E-state index contributed by atoms with van der Waals surface area (Å²) in [6.45, 7) is 5.46. The van der Waals surface area contributed by atoms with Crippen molar-refractivity contribution in [2.45, 2.75) is 38.2 Å². The molecule has 2 rings (SSSR count). The summed E-state index contributed by atoms with van der Waals surface area (Å²) in [7, 11) is 0. The second kappa shape index (κ2) is 5.78. The Morgan fingerprint density at radius 2 is 2.25 bits per heavy atom. The number of hydrogen-bond acceptors (Lipinski definition) is 4. The Hall–Kier alpha value is -1.63. The van der Waals surface area contributed by atoms with Crippen LogP contribution in [0.3, 0.4) is 0 Å². The molecule has 110 valence electrons. The van der Waals surface area contributed by atoms with Gasteiger partial charge in [0, 0.05) is 5.75 Å². The highest BCUT2D eigenvalue weighted by atomic mass is 32.2. The van der Waals surface area contributed by atoms with Crippen LogP contribution in [0.5, 0.6) is 0 Å². The third-order valence-corrected chi connectivity index (χ3v) is 4.49. The summed E-state index contributed by atoms with van der Waals surface area (Å²) in [5, 5.41) is 11.8. The zero-order valence-corrected chi connectivity index (χ0v) is 12.4. The fraction of sp³-hybridized carbons (Fsp3) is 0.538. The van der Waals surface area contributed by atoms with Crippen LogP contribution in [0, 0.1) is 6.92 Å². The lowest BCUT2D eigenvalue weighted by Crippen LogP contribution is -2.49. The van der Waals surface area contributed by atoms with Gasteiger partial charge in [-0.1, -0.05) is 0 Å². The molecular formula is C13H18N2O4S. The number of nitrogens with one attached hydrogen (secondary N) is 1. The summed E-state index contributed by atoms with van der Waals surface area (Å²) in [5.41, 5.74) is 0. The van der Waals surface area contributed by atoms with Gasteiger partial charge in [-0.25, -0.2) is 9.59 Å². The third-order valence-electron chi connectivity index (χ3n) is 3.27. The molecule has 3 unspecified atom stereocenters. The number of hydrogen-bond donors (Lipinski definition) is 2. The van der Waals surface area contributed by atoms with Gasteiger partial charge >= 0.3 is 12.0 Å². The molecule has 3 atom stereocenters. The van der Waals surface area contributed by atoms with Crippen LogP contribution in [-0.2, 0) is 4.79 Å². The highest BCUT2D eigenvalue weighted by Gasteiger charge is 2.39. The van der Waals surface area contributed by atoms with E-state index in [9.17, 15) is 9.59 Å². The monoisotopic (exact) mass is 298 g/mol. The highest BCUT2D eigenvalue weighted by Crippen LogP contribution is 2.29. The number of carboxylic acid groups (broad SMARTS) is 1. The van der Waals surface area contributed by atoms with Crippen molar-refractivity contribution in [3.63, 3.8) is 0 Å². The van der Waals surface area contributed by atoms with E-state index in [4.69, 9.17) is 9.52 Å². The summed E-state index contributed by atoms with van der Waals surface area (Å²) in [6.07, 6.45) is 0. The molecule has 1 fully saturated rings. The first-order chi connectivity index (χ1) is 9.40. The van der Waals surface area contributed by atoms with Crippen molar-refractivity contribution < 1.29 is 19.1 Å². The Labute approximate surface area is 121 Å². The van der Waals surface area contributed by atoms with Crippen molar-refractivity contribution >= 4 is 23.8 Å². The maximum atomic E-state index is 12.3. The number of rotatable bonds is 3. The predicted octanol–water partition coefficient (Wildman–Crippen LogP) is 2.21. The zero-order valence-electron chi connectivity index (χ0n) is 11.6. The first-order valence-electron chi connectivity index (χ1n) is 6.39. The maximum Gasteiger partial charge on any atom is 0.327 e. The van der Waals surface area contributed by atoms with Crippen LogP contribution in [0.1, 0.15) is 31.4 Å². The Bertz CT molecular complexity index is 516. The van der Waals surface area contributed by atoms with E-state index < -0.39 is 12.0 Å². The normalized spacial score (nSPS) is 23.6. The number of aliphatic carboxylic acids is 1. The first-order valence-corrected chi connectivity index (χ1v) is 7.44. The minimum Gasteiger partial charge on any atom is -0.480 e. The largest absolute Gasteiger partial charge is 0.480 e. The van der Waals surface area contributed by atoms with E-state index in [2.05, 4.69) is 5.32 Å². The average Bonchev–Trinajstić information content (AvgIpc) is 2.95. The molecule has 1 aliphatic rings. The predicted molar refractivity (Wildman–Crippen MR) is 75.6 cm³/mol. The van der Waals surface area contributed by atoms with Crippen LogP contribution < -0.4 is 5.32 Å². The van der Waals surface area contributed by atoms with E-state index in [1.54, 1.807) is 13.0 Å². The third kappa shape index (κ3) is 2.92. The Kier molecular flexibility index (Phi) is 4.27. The Morgan fingerprint density at radius 3 is 2.80 bits per heavy atom. The summed E-state index contributed by atoms with van der Waals surface area (Å²) in [6, 6.07) is 2.17. The van der Waals surface area contributed by atoms with Gasteiger partial charge in [0.15, 0.2) is 0 Å². The van der Waals surface area contributed by atoms with E-state index in [1.165, 1.54) is 16.7 Å². The van der Waals surface area contributed by atoms with Gasteiger partial charge in [0.1, 0.15) is 17.6 Å². The van der Waals surface area contributed by atoms with Crippen molar-refractivity contribution in [1.82, 2.24) is 10.2 Å². The number of aryl methyl sites for hydroxylation is 1. The average molecular weight is 298 g/mol. The molecule has 0 aromatic carbocycles. The van der Waals surface area contributed by atoms with Gasteiger partial charge in [-0.15, -0.1) is 11.8 Å². The number of furan rings is 1. The molecular weight excluding hydrogens is 280 g/mol. The molecule has 0 spiro atoms. The second-order valence-corrected chi connectivity index (χ2v) is 6.16. The van der Waals surface area contributed by atoms with Gasteiger partial charge in [-0.05, 0) is 32.9 Å². The summed E-state index contributed by atoms with van der Waals surface area (Å²) in [5.74, 6) is 0.869. The first kappa shape index (κ1) is 14.8. The summed E-state index contributed by atoms with van der Waals surface area (Å²) in [4.78, 5) is 24.8. The van der Waals surface area contributed by atoms with E-state index >= 15 is 0 Å². The molecule has 1 aliphatic heterocycles. The van der Waals surface area contributed by atoms with E-state index in [0.29, 0.717) is 11.5 Å². The minimum atomic E-state index is -0.974. The van der Waals surface area contributed by atoms with Crippen LogP contribution >= 0.6 is 11.8 Å². The second-order valence-electron chi connectivity index (χ2n) is 4.81.